The van der Waals surface area contributed by atoms with E-state index in [-0.39, 0.29) is 0 Å². The molecule has 3 heteroatoms. The number of aromatic nitrogens is 2. The maximum atomic E-state index is 4.11. The fraction of sp³-hybridized carbons (Fsp3) is 0.375. The molecule has 0 radical (unpaired) electrons. The molecule has 0 saturated carbocycles. The molecule has 0 bridgehead atoms. The van der Waals surface area contributed by atoms with Gasteiger partial charge < -0.3 is 0 Å². The van der Waals surface area contributed by atoms with Crippen molar-refractivity contribution in [2.75, 3.05) is 0 Å². The van der Waals surface area contributed by atoms with Crippen LogP contribution in [-0.4, -0.2) is 9.38 Å². The van der Waals surface area contributed by atoms with Crippen molar-refractivity contribution in [1.29, 1.82) is 0 Å². The molecule has 11 heavy (non-hydrogen) atoms. The highest BCUT2D eigenvalue weighted by Gasteiger charge is 2.16. The number of imidazole rings is 1. The number of rotatable bonds is 0. The van der Waals surface area contributed by atoms with Crippen LogP contribution in [0.1, 0.15) is 17.0 Å². The maximum absolute atomic E-state index is 4.11. The van der Waals surface area contributed by atoms with E-state index in [1.54, 1.807) is 4.88 Å². The molecule has 1 aliphatic carbocycles. The smallest absolute Gasteiger partial charge is 0.119 e. The summed E-state index contributed by atoms with van der Waals surface area (Å²) in [6.45, 7) is 0. The molecular weight excluding hydrogens is 156 g/mol. The van der Waals surface area contributed by atoms with Crippen molar-refractivity contribution < 1.29 is 0 Å². The van der Waals surface area contributed by atoms with Crippen LogP contribution in [-0.2, 0) is 12.8 Å². The number of aryl methyl sites for hydroxylation is 2. The van der Waals surface area contributed by atoms with E-state index in [0.29, 0.717) is 0 Å². The maximum Gasteiger partial charge on any atom is 0.119 e. The lowest BCUT2D eigenvalue weighted by atomic mass is 10.4. The van der Waals surface area contributed by atoms with Gasteiger partial charge in [0.15, 0.2) is 0 Å². The molecule has 0 aliphatic heterocycles. The highest BCUT2D eigenvalue weighted by molar-refractivity contribution is 7.17. The molecule has 0 N–H and O–H groups in total. The first-order valence-corrected chi connectivity index (χ1v) is 4.69. The minimum Gasteiger partial charge on any atom is -0.294 e. The summed E-state index contributed by atoms with van der Waals surface area (Å²) in [4.78, 5) is 6.98. The van der Waals surface area contributed by atoms with Crippen molar-refractivity contribution in [1.82, 2.24) is 9.38 Å². The molecular formula is C8H8N2S. The number of fused-ring (bicyclic) bond motifs is 3. The van der Waals surface area contributed by atoms with Crippen LogP contribution in [0.3, 0.4) is 0 Å². The third-order valence-corrected chi connectivity index (χ3v) is 3.46. The number of nitrogens with zero attached hydrogens (tertiary/aromatic N) is 2. The lowest BCUT2D eigenvalue weighted by Crippen LogP contribution is -1.84. The van der Waals surface area contributed by atoms with E-state index >= 15 is 0 Å². The van der Waals surface area contributed by atoms with Crippen LogP contribution in [0, 0.1) is 0 Å². The zero-order valence-electron chi connectivity index (χ0n) is 6.08. The summed E-state index contributed by atoms with van der Waals surface area (Å²) in [6.07, 6.45) is 7.72. The molecule has 0 atom stereocenters. The van der Waals surface area contributed by atoms with E-state index in [0.717, 1.165) is 0 Å². The summed E-state index contributed by atoms with van der Waals surface area (Å²) in [5.74, 6) is 0. The average molecular weight is 164 g/mol. The van der Waals surface area contributed by atoms with E-state index in [9.17, 15) is 0 Å². The van der Waals surface area contributed by atoms with E-state index in [1.165, 1.54) is 29.8 Å². The Morgan fingerprint density at radius 3 is 3.45 bits per heavy atom. The van der Waals surface area contributed by atoms with Gasteiger partial charge in [-0.05, 0) is 19.3 Å². The Balaban J connectivity index is 2.46. The molecule has 2 aromatic rings. The van der Waals surface area contributed by atoms with E-state index in [2.05, 4.69) is 9.38 Å². The monoisotopic (exact) mass is 164 g/mol. The average Bonchev–Trinajstić information content (AvgIpc) is 2.52. The van der Waals surface area contributed by atoms with Crippen LogP contribution >= 0.6 is 11.3 Å². The van der Waals surface area contributed by atoms with Gasteiger partial charge in [-0.1, -0.05) is 0 Å². The molecule has 2 nitrogen and oxygen atoms in total. The number of thiazole rings is 1. The van der Waals surface area contributed by atoms with Crippen LogP contribution in [0.4, 0.5) is 0 Å². The quantitative estimate of drug-likeness (QED) is 0.581. The molecule has 1 aliphatic rings. The summed E-state index contributed by atoms with van der Waals surface area (Å²) >= 11 is 1.89. The lowest BCUT2D eigenvalue weighted by molar-refractivity contribution is 0.886. The second kappa shape index (κ2) is 1.85. The molecule has 0 unspecified atom stereocenters. The fourth-order valence-corrected chi connectivity index (χ4v) is 2.94. The van der Waals surface area contributed by atoms with Gasteiger partial charge in [0.2, 0.25) is 0 Å². The molecule has 0 spiro atoms. The third kappa shape index (κ3) is 0.639. The Bertz CT molecular complexity index is 399. The number of hydrogen-bond donors (Lipinski definition) is 0. The minimum absolute atomic E-state index is 1.24. The molecule has 0 saturated heterocycles. The summed E-state index contributed by atoms with van der Waals surface area (Å²) in [7, 11) is 0. The van der Waals surface area contributed by atoms with Gasteiger partial charge in [0.1, 0.15) is 11.2 Å². The van der Waals surface area contributed by atoms with Gasteiger partial charge in [0.25, 0.3) is 0 Å². The zero-order valence-corrected chi connectivity index (χ0v) is 6.90. The molecule has 0 aromatic carbocycles. The topological polar surface area (TPSA) is 17.3 Å². The van der Waals surface area contributed by atoms with Crippen molar-refractivity contribution in [3.05, 3.63) is 23.1 Å². The van der Waals surface area contributed by atoms with Crippen LogP contribution in [0.5, 0.6) is 0 Å². The molecule has 3 rings (SSSR count). The van der Waals surface area contributed by atoms with Crippen molar-refractivity contribution in [3.63, 3.8) is 0 Å². The standard InChI is InChI=1S/C8H8N2S/c1-2-6-7(3-1)11-8-4-9-5-10(6)8/h4-5H,1-3H2. The van der Waals surface area contributed by atoms with Gasteiger partial charge in [0, 0.05) is 10.6 Å². The summed E-state index contributed by atoms with van der Waals surface area (Å²) in [6, 6.07) is 0. The van der Waals surface area contributed by atoms with Gasteiger partial charge in [-0.3, -0.25) is 4.40 Å². The predicted octanol–water partition coefficient (Wildman–Crippen LogP) is 1.88. The van der Waals surface area contributed by atoms with Crippen LogP contribution in [0.2, 0.25) is 0 Å². The lowest BCUT2D eigenvalue weighted by Gasteiger charge is -1.88. The molecule has 0 fully saturated rings. The molecule has 56 valence electrons. The molecule has 0 amide bonds. The van der Waals surface area contributed by atoms with Gasteiger partial charge in [-0.15, -0.1) is 11.3 Å². The van der Waals surface area contributed by atoms with E-state index < -0.39 is 0 Å². The van der Waals surface area contributed by atoms with Gasteiger partial charge >= 0.3 is 0 Å². The number of hydrogen-bond acceptors (Lipinski definition) is 2. The van der Waals surface area contributed by atoms with Gasteiger partial charge in [-0.2, -0.15) is 0 Å². The van der Waals surface area contributed by atoms with Crippen molar-refractivity contribution in [3.8, 4) is 0 Å². The van der Waals surface area contributed by atoms with E-state index in [4.69, 9.17) is 0 Å². The van der Waals surface area contributed by atoms with Crippen LogP contribution in [0.25, 0.3) is 4.83 Å². The van der Waals surface area contributed by atoms with Gasteiger partial charge in [0.05, 0.1) is 6.20 Å². The zero-order chi connectivity index (χ0) is 7.26. The summed E-state index contributed by atoms with van der Waals surface area (Å²) in [5, 5.41) is 0. The van der Waals surface area contributed by atoms with E-state index in [1.807, 2.05) is 23.9 Å². The van der Waals surface area contributed by atoms with Crippen molar-refractivity contribution in [2.45, 2.75) is 19.3 Å². The fourth-order valence-electron chi connectivity index (χ4n) is 1.75. The highest BCUT2D eigenvalue weighted by atomic mass is 32.1. The SMILES string of the molecule is c1ncn2c3c(sc12)CCC3. The normalized spacial score (nSPS) is 16.0. The largest absolute Gasteiger partial charge is 0.294 e. The first-order chi connectivity index (χ1) is 5.45. The van der Waals surface area contributed by atoms with Crippen molar-refractivity contribution in [2.24, 2.45) is 0 Å². The first kappa shape index (κ1) is 5.77. The van der Waals surface area contributed by atoms with Crippen LogP contribution < -0.4 is 0 Å². The Morgan fingerprint density at radius 2 is 2.45 bits per heavy atom. The Labute approximate surface area is 68.5 Å². The molecule has 2 aromatic heterocycles. The Hall–Kier alpha value is -0.830. The van der Waals surface area contributed by atoms with Crippen molar-refractivity contribution >= 4 is 16.2 Å². The summed E-state index contributed by atoms with van der Waals surface area (Å²) in [5.41, 5.74) is 1.50. The van der Waals surface area contributed by atoms with Gasteiger partial charge in [-0.25, -0.2) is 4.98 Å². The Kier molecular flexibility index (Phi) is 0.973. The Morgan fingerprint density at radius 1 is 1.45 bits per heavy atom. The highest BCUT2D eigenvalue weighted by Crippen LogP contribution is 2.30. The second-order valence-corrected chi connectivity index (χ2v) is 4.04. The third-order valence-electron chi connectivity index (χ3n) is 2.26. The predicted molar refractivity (Wildman–Crippen MR) is 45.1 cm³/mol. The summed E-state index contributed by atoms with van der Waals surface area (Å²) < 4.78 is 2.23. The minimum atomic E-state index is 1.24. The first-order valence-electron chi connectivity index (χ1n) is 3.88. The molecule has 2 heterocycles. The van der Waals surface area contributed by atoms with Crippen LogP contribution in [0.15, 0.2) is 12.5 Å². The second-order valence-electron chi connectivity index (χ2n) is 2.93.